The van der Waals surface area contributed by atoms with E-state index >= 15 is 0 Å². The number of carbonyl (C=O) groups is 1. The van der Waals surface area contributed by atoms with Crippen LogP contribution < -0.4 is 16.3 Å². The van der Waals surface area contributed by atoms with E-state index in [9.17, 15) is 9.59 Å². The molecule has 0 saturated carbocycles. The summed E-state index contributed by atoms with van der Waals surface area (Å²) in [7, 11) is 0. The molecule has 156 valence electrons. The topological polar surface area (TPSA) is 63.1 Å². The number of hydrogen-bond donors (Lipinski definition) is 2. The third-order valence-corrected chi connectivity index (χ3v) is 5.48. The van der Waals surface area contributed by atoms with Crippen LogP contribution in [0.3, 0.4) is 0 Å². The molecule has 0 aliphatic rings. The number of nitrogens with zero attached hydrogens (tertiary/aromatic N) is 1. The van der Waals surface area contributed by atoms with Crippen molar-refractivity contribution in [2.45, 2.75) is 26.3 Å². The van der Waals surface area contributed by atoms with Crippen LogP contribution in [0.25, 0.3) is 10.8 Å². The third-order valence-electron chi connectivity index (χ3n) is 5.48. The fourth-order valence-corrected chi connectivity index (χ4v) is 3.87. The largest absolute Gasteiger partial charge is 0.345 e. The van der Waals surface area contributed by atoms with Crippen LogP contribution in [0.4, 0.5) is 5.69 Å². The molecule has 5 nitrogen and oxygen atoms in total. The Morgan fingerprint density at radius 1 is 0.871 bits per heavy atom. The monoisotopic (exact) mass is 411 g/mol. The van der Waals surface area contributed by atoms with Gasteiger partial charge < -0.3 is 5.32 Å². The van der Waals surface area contributed by atoms with Gasteiger partial charge in [0.05, 0.1) is 23.0 Å². The van der Waals surface area contributed by atoms with Crippen molar-refractivity contribution >= 4 is 22.4 Å². The molecular weight excluding hydrogens is 386 g/mol. The van der Waals surface area contributed by atoms with Crippen molar-refractivity contribution < 1.29 is 4.79 Å². The molecule has 0 fully saturated rings. The van der Waals surface area contributed by atoms with E-state index in [1.807, 2.05) is 85.8 Å². The number of amides is 1. The number of benzene rings is 3. The van der Waals surface area contributed by atoms with Crippen LogP contribution in [0.5, 0.6) is 0 Å². The number of para-hydroxylation sites is 1. The lowest BCUT2D eigenvalue weighted by atomic mass is 10.0. The molecule has 1 atom stereocenters. The van der Waals surface area contributed by atoms with E-state index in [4.69, 9.17) is 0 Å². The highest BCUT2D eigenvalue weighted by atomic mass is 16.2. The van der Waals surface area contributed by atoms with Crippen molar-refractivity contribution in [1.29, 1.82) is 0 Å². The normalized spacial score (nSPS) is 11.8. The molecule has 4 rings (SSSR count). The van der Waals surface area contributed by atoms with Crippen molar-refractivity contribution in [3.8, 4) is 0 Å². The molecule has 4 aromatic rings. The zero-order valence-electron chi connectivity index (χ0n) is 17.6. The van der Waals surface area contributed by atoms with Gasteiger partial charge in [0.1, 0.15) is 0 Å². The molecule has 0 aliphatic heterocycles. The number of fused-ring (bicyclic) bond motifs is 1. The van der Waals surface area contributed by atoms with Crippen molar-refractivity contribution in [2.75, 3.05) is 5.43 Å². The maximum Gasteiger partial charge on any atom is 0.277 e. The molecule has 2 N–H and O–H groups in total. The first-order chi connectivity index (χ1) is 15.1. The van der Waals surface area contributed by atoms with Crippen LogP contribution in [0, 0.1) is 6.92 Å². The van der Waals surface area contributed by atoms with Gasteiger partial charge in [0.2, 0.25) is 0 Å². The van der Waals surface area contributed by atoms with Gasteiger partial charge in [0.15, 0.2) is 0 Å². The summed E-state index contributed by atoms with van der Waals surface area (Å²) < 4.78 is 1.45. The van der Waals surface area contributed by atoms with Gasteiger partial charge in [-0.15, -0.1) is 0 Å². The fraction of sp³-hybridized carbons (Fsp3) is 0.154. The molecule has 0 bridgehead atoms. The summed E-state index contributed by atoms with van der Waals surface area (Å²) in [5.74, 6) is -0.201. The van der Waals surface area contributed by atoms with Crippen LogP contribution in [0.15, 0.2) is 89.7 Å². The Labute approximate surface area is 181 Å². The molecule has 5 heteroatoms. The van der Waals surface area contributed by atoms with Crippen LogP contribution in [-0.2, 0) is 0 Å². The summed E-state index contributed by atoms with van der Waals surface area (Å²) >= 11 is 0. The van der Waals surface area contributed by atoms with Gasteiger partial charge in [0.25, 0.3) is 11.5 Å². The van der Waals surface area contributed by atoms with E-state index in [1.54, 1.807) is 13.0 Å². The van der Waals surface area contributed by atoms with Crippen LogP contribution in [0.1, 0.15) is 41.0 Å². The second kappa shape index (κ2) is 8.88. The molecular formula is C26H25N3O2. The van der Waals surface area contributed by atoms with Gasteiger partial charge in [-0.05, 0) is 37.1 Å². The minimum Gasteiger partial charge on any atom is -0.345 e. The number of hydrogen-bond acceptors (Lipinski definition) is 3. The van der Waals surface area contributed by atoms with Crippen molar-refractivity contribution in [1.82, 2.24) is 9.99 Å². The van der Waals surface area contributed by atoms with Gasteiger partial charge in [0, 0.05) is 10.8 Å². The van der Waals surface area contributed by atoms with E-state index in [2.05, 4.69) is 10.7 Å². The lowest BCUT2D eigenvalue weighted by molar-refractivity contribution is 0.0936. The molecule has 1 unspecified atom stereocenters. The first kappa shape index (κ1) is 20.4. The minimum atomic E-state index is -0.201. The number of anilines is 1. The molecule has 1 aromatic heterocycles. The van der Waals surface area contributed by atoms with Crippen LogP contribution >= 0.6 is 0 Å². The van der Waals surface area contributed by atoms with E-state index in [0.29, 0.717) is 22.0 Å². The molecule has 0 spiro atoms. The van der Waals surface area contributed by atoms with Gasteiger partial charge in [-0.25, -0.2) is 4.68 Å². The predicted molar refractivity (Wildman–Crippen MR) is 125 cm³/mol. The average Bonchev–Trinajstić information content (AvgIpc) is 2.81. The van der Waals surface area contributed by atoms with Crippen molar-refractivity contribution in [3.05, 3.63) is 112 Å². The zero-order valence-corrected chi connectivity index (χ0v) is 17.6. The maximum absolute atomic E-state index is 13.5. The molecule has 1 heterocycles. The van der Waals surface area contributed by atoms with E-state index in [1.165, 1.54) is 4.68 Å². The first-order valence-electron chi connectivity index (χ1n) is 10.4. The minimum absolute atomic E-state index is 0.116. The van der Waals surface area contributed by atoms with Gasteiger partial charge in [-0.1, -0.05) is 73.7 Å². The Morgan fingerprint density at radius 2 is 1.45 bits per heavy atom. The quantitative estimate of drug-likeness (QED) is 0.466. The number of pyridine rings is 1. The molecule has 0 saturated heterocycles. The second-order valence-corrected chi connectivity index (χ2v) is 7.47. The van der Waals surface area contributed by atoms with E-state index in [0.717, 1.165) is 17.7 Å². The Morgan fingerprint density at radius 3 is 2.10 bits per heavy atom. The average molecular weight is 412 g/mol. The summed E-state index contributed by atoms with van der Waals surface area (Å²) in [5.41, 5.74) is 5.84. The summed E-state index contributed by atoms with van der Waals surface area (Å²) in [5, 5.41) is 4.31. The highest BCUT2D eigenvalue weighted by Gasteiger charge is 2.22. The Bertz CT molecular complexity index is 1260. The molecule has 0 radical (unpaired) electrons. The van der Waals surface area contributed by atoms with Crippen LogP contribution in [-0.4, -0.2) is 10.6 Å². The van der Waals surface area contributed by atoms with Gasteiger partial charge in [-0.3, -0.25) is 15.0 Å². The first-order valence-corrected chi connectivity index (χ1v) is 10.4. The highest BCUT2D eigenvalue weighted by Crippen LogP contribution is 2.22. The summed E-state index contributed by atoms with van der Waals surface area (Å²) in [6.45, 7) is 3.84. The van der Waals surface area contributed by atoms with Gasteiger partial charge >= 0.3 is 0 Å². The molecule has 3 aromatic carbocycles. The Hall–Kier alpha value is -3.86. The molecule has 31 heavy (non-hydrogen) atoms. The standard InChI is InChI=1S/C26H25N3O2/c1-3-23(19-12-6-4-7-13-19)27-25(30)24-18(2)29(28-20-14-8-5-9-15-20)26(31)22-17-11-10-16-21(22)24/h4-17,23,28H,3H2,1-2H3,(H,27,30). The lowest BCUT2D eigenvalue weighted by Gasteiger charge is -2.21. The summed E-state index contributed by atoms with van der Waals surface area (Å²) in [4.78, 5) is 26.7. The number of aromatic nitrogens is 1. The molecule has 1 amide bonds. The van der Waals surface area contributed by atoms with Crippen molar-refractivity contribution in [3.63, 3.8) is 0 Å². The lowest BCUT2D eigenvalue weighted by Crippen LogP contribution is -2.34. The highest BCUT2D eigenvalue weighted by molar-refractivity contribution is 6.07. The van der Waals surface area contributed by atoms with Gasteiger partial charge in [-0.2, -0.15) is 0 Å². The van der Waals surface area contributed by atoms with E-state index < -0.39 is 0 Å². The fourth-order valence-electron chi connectivity index (χ4n) is 3.87. The SMILES string of the molecule is CCC(NC(=O)c1c(C)n(Nc2ccccc2)c(=O)c2ccccc12)c1ccccc1. The smallest absolute Gasteiger partial charge is 0.277 e. The summed E-state index contributed by atoms with van der Waals surface area (Å²) in [6, 6.07) is 26.5. The zero-order chi connectivity index (χ0) is 21.8. The van der Waals surface area contributed by atoms with E-state index in [-0.39, 0.29) is 17.5 Å². The Balaban J connectivity index is 1.81. The van der Waals surface area contributed by atoms with Crippen molar-refractivity contribution in [2.24, 2.45) is 0 Å². The summed E-state index contributed by atoms with van der Waals surface area (Å²) in [6.07, 6.45) is 0.759. The second-order valence-electron chi connectivity index (χ2n) is 7.47. The molecule has 0 aliphatic carbocycles. The number of nitrogens with one attached hydrogen (secondary N) is 2. The number of rotatable bonds is 6. The Kier molecular flexibility index (Phi) is 5.85. The predicted octanol–water partition coefficient (Wildman–Crippen LogP) is 5.07. The maximum atomic E-state index is 13.5. The van der Waals surface area contributed by atoms with Crippen LogP contribution in [0.2, 0.25) is 0 Å². The number of carbonyl (C=O) groups excluding carboxylic acids is 1. The third kappa shape index (κ3) is 4.08.